The molecule has 0 bridgehead atoms. The summed E-state index contributed by atoms with van der Waals surface area (Å²) in [6.45, 7) is 1.96. The lowest BCUT2D eigenvalue weighted by molar-refractivity contribution is -0.151. The molecule has 1 spiro atoms. The van der Waals surface area contributed by atoms with E-state index in [0.717, 1.165) is 73.0 Å². The molecule has 2 N–H and O–H groups in total. The second kappa shape index (κ2) is 11.8. The average Bonchev–Trinajstić information content (AvgIpc) is 3.34. The number of aromatic nitrogens is 3. The van der Waals surface area contributed by atoms with Gasteiger partial charge in [0.15, 0.2) is 0 Å². The SMILES string of the molecule is COc1ccc(CN2C(=O)CCC(n3c(=O)n(C)c4c(N5CCC6(CC=C(c7ccc(N)nc7)CC6)CC5)cccc43)C2=O)cc1. The molecule has 10 nitrogen and oxygen atoms in total. The van der Waals surface area contributed by atoms with Gasteiger partial charge in [-0.3, -0.25) is 23.6 Å². The number of carbonyl (C=O) groups excluding carboxylic acids is 2. The molecule has 0 radical (unpaired) electrons. The van der Waals surface area contributed by atoms with Crippen LogP contribution in [0.4, 0.5) is 11.5 Å². The molecule has 46 heavy (non-hydrogen) atoms. The Morgan fingerprint density at radius 2 is 1.76 bits per heavy atom. The first-order chi connectivity index (χ1) is 22.3. The number of nitrogens with two attached hydrogens (primary N) is 1. The summed E-state index contributed by atoms with van der Waals surface area (Å²) >= 11 is 0. The number of likely N-dealkylation sites (tertiary alicyclic amines) is 1. The van der Waals surface area contributed by atoms with Gasteiger partial charge in [0.05, 0.1) is 30.4 Å². The summed E-state index contributed by atoms with van der Waals surface area (Å²) in [7, 11) is 3.38. The Kier molecular flexibility index (Phi) is 7.66. The van der Waals surface area contributed by atoms with Crippen LogP contribution in [0.1, 0.15) is 62.1 Å². The topological polar surface area (TPSA) is 116 Å². The van der Waals surface area contributed by atoms with Crippen molar-refractivity contribution in [3.8, 4) is 5.75 Å². The summed E-state index contributed by atoms with van der Waals surface area (Å²) in [5.41, 5.74) is 11.7. The first kappa shape index (κ1) is 29.8. The predicted octanol–water partition coefficient (Wildman–Crippen LogP) is 5.07. The van der Waals surface area contributed by atoms with Gasteiger partial charge < -0.3 is 15.4 Å². The summed E-state index contributed by atoms with van der Waals surface area (Å²) in [4.78, 5) is 48.5. The van der Waals surface area contributed by atoms with Crippen LogP contribution in [0.25, 0.3) is 16.6 Å². The summed E-state index contributed by atoms with van der Waals surface area (Å²) in [5, 5.41) is 0. The molecule has 7 rings (SSSR count). The van der Waals surface area contributed by atoms with Crippen LogP contribution in [-0.2, 0) is 23.2 Å². The number of amides is 2. The number of para-hydroxylation sites is 1. The number of rotatable bonds is 6. The summed E-state index contributed by atoms with van der Waals surface area (Å²) in [6.07, 6.45) is 10.1. The lowest BCUT2D eigenvalue weighted by atomic mass is 9.68. The van der Waals surface area contributed by atoms with Crippen LogP contribution < -0.4 is 21.1 Å². The van der Waals surface area contributed by atoms with E-state index in [2.05, 4.69) is 28.1 Å². The fourth-order valence-electron chi connectivity index (χ4n) is 7.59. The Labute approximate surface area is 268 Å². The number of imidazole rings is 1. The molecule has 3 aliphatic rings. The van der Waals surface area contributed by atoms with Crippen molar-refractivity contribution in [2.24, 2.45) is 12.5 Å². The van der Waals surface area contributed by atoms with Crippen molar-refractivity contribution in [3.05, 3.63) is 88.5 Å². The van der Waals surface area contributed by atoms with Crippen molar-refractivity contribution in [2.45, 2.75) is 57.5 Å². The lowest BCUT2D eigenvalue weighted by Crippen LogP contribution is -2.47. The Morgan fingerprint density at radius 1 is 0.978 bits per heavy atom. The van der Waals surface area contributed by atoms with Crippen LogP contribution in [0.15, 0.2) is 71.7 Å². The summed E-state index contributed by atoms with van der Waals surface area (Å²) < 4.78 is 8.52. The smallest absolute Gasteiger partial charge is 0.329 e. The Bertz CT molecular complexity index is 1880. The Hall–Kier alpha value is -4.86. The molecule has 10 heteroatoms. The van der Waals surface area contributed by atoms with Crippen LogP contribution >= 0.6 is 0 Å². The van der Waals surface area contributed by atoms with E-state index in [9.17, 15) is 14.4 Å². The molecular weight excluding hydrogens is 580 g/mol. The number of imide groups is 1. The fourth-order valence-corrected chi connectivity index (χ4v) is 7.59. The van der Waals surface area contributed by atoms with Crippen LogP contribution in [0.5, 0.6) is 5.75 Å². The maximum absolute atomic E-state index is 13.8. The number of anilines is 2. The quantitative estimate of drug-likeness (QED) is 0.299. The summed E-state index contributed by atoms with van der Waals surface area (Å²) in [6, 6.07) is 16.5. The van der Waals surface area contributed by atoms with Crippen LogP contribution in [-0.4, -0.2) is 51.0 Å². The molecule has 4 heterocycles. The van der Waals surface area contributed by atoms with Gasteiger partial charge in [0.25, 0.3) is 5.91 Å². The van der Waals surface area contributed by atoms with E-state index in [1.54, 1.807) is 23.3 Å². The highest BCUT2D eigenvalue weighted by Crippen LogP contribution is 2.47. The number of ether oxygens (including phenoxy) is 1. The molecule has 0 saturated carbocycles. The predicted molar refractivity (Wildman–Crippen MR) is 178 cm³/mol. The molecule has 2 aromatic heterocycles. The number of allylic oxidation sites excluding steroid dienone is 2. The zero-order valence-corrected chi connectivity index (χ0v) is 26.4. The summed E-state index contributed by atoms with van der Waals surface area (Å²) in [5.74, 6) is 0.685. The molecule has 1 unspecified atom stereocenters. The fraction of sp³-hybridized carbons (Fsp3) is 0.389. The van der Waals surface area contributed by atoms with Gasteiger partial charge >= 0.3 is 5.69 Å². The van der Waals surface area contributed by atoms with Gasteiger partial charge in [0, 0.05) is 32.8 Å². The van der Waals surface area contributed by atoms with Crippen LogP contribution in [0.2, 0.25) is 0 Å². The van der Waals surface area contributed by atoms with Crippen molar-refractivity contribution in [1.29, 1.82) is 0 Å². The van der Waals surface area contributed by atoms with E-state index < -0.39 is 6.04 Å². The largest absolute Gasteiger partial charge is 0.497 e. The number of aryl methyl sites for hydroxylation is 1. The Balaban J connectivity index is 1.11. The third kappa shape index (κ3) is 5.25. The van der Waals surface area contributed by atoms with Gasteiger partial charge in [-0.25, -0.2) is 9.78 Å². The molecular formula is C36H40N6O4. The normalized spacial score (nSPS) is 20.0. The van der Waals surface area contributed by atoms with Crippen LogP contribution in [0, 0.1) is 5.41 Å². The van der Waals surface area contributed by atoms with E-state index in [-0.39, 0.29) is 35.9 Å². The number of benzene rings is 2. The second-order valence-corrected chi connectivity index (χ2v) is 13.0. The molecule has 1 aliphatic carbocycles. The van der Waals surface area contributed by atoms with E-state index in [0.29, 0.717) is 18.0 Å². The van der Waals surface area contributed by atoms with Crippen molar-refractivity contribution in [2.75, 3.05) is 30.8 Å². The molecule has 1 atom stereocenters. The molecule has 2 aromatic carbocycles. The highest BCUT2D eigenvalue weighted by Gasteiger charge is 2.39. The molecule has 2 saturated heterocycles. The molecule has 4 aromatic rings. The van der Waals surface area contributed by atoms with Gasteiger partial charge in [0.1, 0.15) is 17.6 Å². The number of piperidine rings is 2. The molecule has 2 fully saturated rings. The monoisotopic (exact) mass is 620 g/mol. The van der Waals surface area contributed by atoms with Gasteiger partial charge in [-0.15, -0.1) is 0 Å². The standard InChI is InChI=1S/C36H40N6O4/c1-39-33-28(40-20-18-36(19-21-40)16-14-25(15-17-36)26-8-12-31(37)38-22-26)4-3-5-29(33)42(35(39)45)30-11-13-32(43)41(34(30)44)23-24-6-9-27(46-2)10-7-24/h3-10,12,14,22,30H,11,13,15-21,23H2,1-2H3,(H2,37,38). The maximum atomic E-state index is 13.8. The molecule has 2 amide bonds. The first-order valence-corrected chi connectivity index (χ1v) is 16.1. The lowest BCUT2D eigenvalue weighted by Gasteiger charge is -2.44. The zero-order chi connectivity index (χ0) is 32.0. The number of nitrogen functional groups attached to an aromatic ring is 1. The van der Waals surface area contributed by atoms with Crippen molar-refractivity contribution < 1.29 is 14.3 Å². The van der Waals surface area contributed by atoms with E-state index >= 15 is 0 Å². The van der Waals surface area contributed by atoms with E-state index in [1.807, 2.05) is 48.7 Å². The number of hydrogen-bond donors (Lipinski definition) is 1. The molecule has 238 valence electrons. The second-order valence-electron chi connectivity index (χ2n) is 13.0. The van der Waals surface area contributed by atoms with Gasteiger partial charge in [-0.1, -0.05) is 24.3 Å². The molecule has 2 aliphatic heterocycles. The van der Waals surface area contributed by atoms with Crippen LogP contribution in [0.3, 0.4) is 0 Å². The van der Waals surface area contributed by atoms with Gasteiger partial charge in [0.2, 0.25) is 5.91 Å². The average molecular weight is 621 g/mol. The highest BCUT2D eigenvalue weighted by molar-refractivity contribution is 6.00. The highest BCUT2D eigenvalue weighted by atomic mass is 16.5. The van der Waals surface area contributed by atoms with E-state index in [1.165, 1.54) is 10.5 Å². The van der Waals surface area contributed by atoms with E-state index in [4.69, 9.17) is 10.5 Å². The third-order valence-electron chi connectivity index (χ3n) is 10.4. The van der Waals surface area contributed by atoms with Gasteiger partial charge in [-0.05, 0) is 97.0 Å². The van der Waals surface area contributed by atoms with Crippen molar-refractivity contribution in [1.82, 2.24) is 19.0 Å². The number of nitrogens with zero attached hydrogens (tertiary/aromatic N) is 5. The maximum Gasteiger partial charge on any atom is 0.329 e. The van der Waals surface area contributed by atoms with Crippen molar-refractivity contribution in [3.63, 3.8) is 0 Å². The number of carbonyl (C=O) groups is 2. The first-order valence-electron chi connectivity index (χ1n) is 16.1. The number of fused-ring (bicyclic) bond motifs is 1. The van der Waals surface area contributed by atoms with Crippen molar-refractivity contribution >= 4 is 39.9 Å². The Morgan fingerprint density at radius 3 is 2.43 bits per heavy atom. The number of methoxy groups -OCH3 is 1. The number of hydrogen-bond acceptors (Lipinski definition) is 7. The minimum atomic E-state index is -0.744. The van der Waals surface area contributed by atoms with Gasteiger partial charge in [-0.2, -0.15) is 0 Å². The zero-order valence-electron chi connectivity index (χ0n) is 26.4. The minimum absolute atomic E-state index is 0.159. The minimum Gasteiger partial charge on any atom is -0.497 e. The third-order valence-corrected chi connectivity index (χ3v) is 10.4. The number of pyridine rings is 1.